The van der Waals surface area contributed by atoms with E-state index >= 15 is 0 Å². The zero-order valence-corrected chi connectivity index (χ0v) is 31.1. The molecule has 0 heterocycles. The number of phosphoric acid groups is 1. The van der Waals surface area contributed by atoms with Gasteiger partial charge in [-0.2, -0.15) is 0 Å². The summed E-state index contributed by atoms with van der Waals surface area (Å²) in [5.41, 5.74) is 9.54. The molecule has 1 saturated carbocycles. The van der Waals surface area contributed by atoms with E-state index < -0.39 is 85.0 Å². The minimum atomic E-state index is -4.80. The minimum Gasteiger partial charge on any atom is -0.404 e. The predicted molar refractivity (Wildman–Crippen MR) is 189 cm³/mol. The van der Waals surface area contributed by atoms with Gasteiger partial charge in [0.05, 0.1) is 6.10 Å². The molecule has 1 aliphatic rings. The van der Waals surface area contributed by atoms with Gasteiger partial charge in [-0.05, 0) is 56.2 Å². The molecule has 296 valence electrons. The molecule has 1 fully saturated rings. The monoisotopic (exact) mass is 769 g/mol. The SMILES string of the molecule is CC(=O)N[C@@H](Cc1ccc(OP(=O)(O)O)cc1)C(=O)N[C@@H](CC(C)C)C(=O)NC1(C(=O)N[C@@H](CCC(N)=O)C(=O)N[C@H](C(N)=O)[C@@H](C)O)CCCCC1. The number of hydrogen-bond donors (Lipinski definition) is 10. The molecule has 19 nitrogen and oxygen atoms in total. The van der Waals surface area contributed by atoms with Crippen molar-refractivity contribution in [2.24, 2.45) is 17.4 Å². The molecule has 1 aromatic carbocycles. The quantitative estimate of drug-likeness (QED) is 0.0689. The molecule has 0 saturated heterocycles. The molecule has 0 spiro atoms. The Morgan fingerprint density at radius 3 is 1.91 bits per heavy atom. The number of carbonyl (C=O) groups is 7. The van der Waals surface area contributed by atoms with Crippen LogP contribution in [-0.2, 0) is 44.5 Å². The van der Waals surface area contributed by atoms with E-state index in [0.29, 0.717) is 18.4 Å². The van der Waals surface area contributed by atoms with Crippen LogP contribution in [0.1, 0.15) is 84.6 Å². The van der Waals surface area contributed by atoms with Crippen molar-refractivity contribution in [3.05, 3.63) is 29.8 Å². The Morgan fingerprint density at radius 2 is 1.42 bits per heavy atom. The van der Waals surface area contributed by atoms with Crippen LogP contribution >= 0.6 is 7.82 Å². The van der Waals surface area contributed by atoms with E-state index in [-0.39, 0.29) is 50.2 Å². The molecule has 1 aliphatic carbocycles. The Balaban J connectivity index is 2.34. The molecule has 5 atom stereocenters. The number of carbonyl (C=O) groups excluding carboxylic acids is 7. The van der Waals surface area contributed by atoms with Gasteiger partial charge in [0.2, 0.25) is 41.4 Å². The van der Waals surface area contributed by atoms with Crippen molar-refractivity contribution < 1.29 is 57.5 Å². The van der Waals surface area contributed by atoms with Crippen LogP contribution in [0.5, 0.6) is 5.75 Å². The Kier molecular flexibility index (Phi) is 16.8. The third-order valence-corrected chi connectivity index (χ3v) is 8.96. The maximum Gasteiger partial charge on any atom is 0.524 e. The van der Waals surface area contributed by atoms with Gasteiger partial charge in [-0.1, -0.05) is 45.2 Å². The maximum atomic E-state index is 14.0. The predicted octanol–water partition coefficient (Wildman–Crippen LogP) is -1.34. The van der Waals surface area contributed by atoms with Crippen LogP contribution < -0.4 is 42.6 Å². The number of phosphoric ester groups is 1. The van der Waals surface area contributed by atoms with Gasteiger partial charge in [0, 0.05) is 19.8 Å². The second-order valence-corrected chi connectivity index (χ2v) is 14.8. The van der Waals surface area contributed by atoms with E-state index in [1.165, 1.54) is 38.1 Å². The lowest BCUT2D eigenvalue weighted by Crippen LogP contribution is -2.66. The smallest absolute Gasteiger partial charge is 0.404 e. The molecule has 53 heavy (non-hydrogen) atoms. The number of rotatable bonds is 20. The van der Waals surface area contributed by atoms with Gasteiger partial charge in [-0.15, -0.1) is 0 Å². The van der Waals surface area contributed by atoms with Gasteiger partial charge in [0.1, 0.15) is 35.5 Å². The van der Waals surface area contributed by atoms with Crippen molar-refractivity contribution in [3.63, 3.8) is 0 Å². The number of nitrogens with two attached hydrogens (primary N) is 2. The molecule has 0 aromatic heterocycles. The third-order valence-electron chi connectivity index (χ3n) is 8.51. The molecule has 0 bridgehead atoms. The van der Waals surface area contributed by atoms with E-state index in [0.717, 1.165) is 6.42 Å². The zero-order valence-electron chi connectivity index (χ0n) is 30.3. The van der Waals surface area contributed by atoms with Crippen molar-refractivity contribution in [1.82, 2.24) is 26.6 Å². The number of aliphatic hydroxyl groups excluding tert-OH is 1. The topological polar surface area (TPSA) is 319 Å². The Labute approximate surface area is 307 Å². The van der Waals surface area contributed by atoms with E-state index in [1.807, 2.05) is 13.8 Å². The van der Waals surface area contributed by atoms with Crippen molar-refractivity contribution >= 4 is 49.2 Å². The van der Waals surface area contributed by atoms with Crippen LogP contribution in [0.15, 0.2) is 24.3 Å². The average molecular weight is 770 g/mol. The highest BCUT2D eigenvalue weighted by Crippen LogP contribution is 2.37. The summed E-state index contributed by atoms with van der Waals surface area (Å²) in [6, 6.07) is 0.207. The summed E-state index contributed by atoms with van der Waals surface area (Å²) in [6.07, 6.45) is 0.260. The summed E-state index contributed by atoms with van der Waals surface area (Å²) in [6.45, 7) is 6.07. The lowest BCUT2D eigenvalue weighted by atomic mass is 9.80. The van der Waals surface area contributed by atoms with Gasteiger partial charge in [0.15, 0.2) is 0 Å². The van der Waals surface area contributed by atoms with E-state index in [1.54, 1.807) is 0 Å². The lowest BCUT2D eigenvalue weighted by molar-refractivity contribution is -0.139. The van der Waals surface area contributed by atoms with Crippen LogP contribution in [0.4, 0.5) is 0 Å². The Hall–Kier alpha value is -4.58. The third kappa shape index (κ3) is 15.1. The first-order chi connectivity index (χ1) is 24.6. The van der Waals surface area contributed by atoms with Gasteiger partial charge in [-0.3, -0.25) is 43.3 Å². The summed E-state index contributed by atoms with van der Waals surface area (Å²) in [4.78, 5) is 108. The van der Waals surface area contributed by atoms with Crippen LogP contribution in [-0.4, -0.2) is 92.1 Å². The van der Waals surface area contributed by atoms with Crippen molar-refractivity contribution in [2.75, 3.05) is 0 Å². The van der Waals surface area contributed by atoms with Crippen LogP contribution in [0.2, 0.25) is 0 Å². The standard InChI is InChI=1S/C33H52N7O12P/c1-18(2)16-24(37-30(46)25(36-20(4)42)17-21-8-10-22(11-9-21)52-53(49,50)51)31(47)40-33(14-6-5-7-15-33)32(48)38-23(12-13-26(34)43)29(45)39-27(19(3)41)28(35)44/h8-11,18-19,23-25,27,41H,5-7,12-17H2,1-4H3,(H2,34,43)(H2,35,44)(H,36,42)(H,37,46)(H,38,48)(H,39,45)(H,40,47)(H2,49,50,51)/t19-,23+,24+,25+,27+/m1/s1. The fourth-order valence-corrected chi connectivity index (χ4v) is 6.31. The van der Waals surface area contributed by atoms with Gasteiger partial charge < -0.3 is 47.7 Å². The first-order valence-electron chi connectivity index (χ1n) is 17.2. The second-order valence-electron chi connectivity index (χ2n) is 13.7. The van der Waals surface area contributed by atoms with E-state index in [4.69, 9.17) is 21.3 Å². The zero-order chi connectivity index (χ0) is 40.1. The summed E-state index contributed by atoms with van der Waals surface area (Å²) in [5.74, 6) is -5.68. The van der Waals surface area contributed by atoms with Crippen LogP contribution in [0.3, 0.4) is 0 Å². The van der Waals surface area contributed by atoms with Crippen molar-refractivity contribution in [2.45, 2.75) is 121 Å². The summed E-state index contributed by atoms with van der Waals surface area (Å²) < 4.78 is 15.7. The second kappa shape index (κ2) is 20.0. The van der Waals surface area contributed by atoms with Crippen LogP contribution in [0, 0.1) is 5.92 Å². The first kappa shape index (κ1) is 44.6. The molecule has 1 aromatic rings. The first-order valence-corrected chi connectivity index (χ1v) is 18.8. The maximum absolute atomic E-state index is 14.0. The molecule has 2 rings (SSSR count). The molecule has 0 aliphatic heterocycles. The number of aliphatic hydroxyl groups is 1. The number of benzene rings is 1. The van der Waals surface area contributed by atoms with E-state index in [9.17, 15) is 43.2 Å². The molecule has 7 amide bonds. The largest absolute Gasteiger partial charge is 0.524 e. The van der Waals surface area contributed by atoms with E-state index in [2.05, 4.69) is 31.1 Å². The highest BCUT2D eigenvalue weighted by atomic mass is 31.2. The van der Waals surface area contributed by atoms with Gasteiger partial charge in [0.25, 0.3) is 0 Å². The van der Waals surface area contributed by atoms with Crippen molar-refractivity contribution in [3.8, 4) is 5.75 Å². The molecule has 20 heteroatoms. The minimum absolute atomic E-state index is 0.0651. The molecular weight excluding hydrogens is 717 g/mol. The Bertz CT molecular complexity index is 1530. The summed E-state index contributed by atoms with van der Waals surface area (Å²) >= 11 is 0. The molecule has 0 radical (unpaired) electrons. The van der Waals surface area contributed by atoms with Crippen molar-refractivity contribution in [1.29, 1.82) is 0 Å². The number of nitrogens with one attached hydrogen (secondary N) is 5. The van der Waals surface area contributed by atoms with Gasteiger partial charge in [-0.25, -0.2) is 4.57 Å². The normalized spacial score (nSPS) is 16.8. The molecule has 12 N–H and O–H groups in total. The lowest BCUT2D eigenvalue weighted by Gasteiger charge is -2.39. The number of hydrogen-bond acceptors (Lipinski definition) is 10. The summed E-state index contributed by atoms with van der Waals surface area (Å²) in [5, 5.41) is 22.8. The fourth-order valence-electron chi connectivity index (χ4n) is 5.91. The number of primary amides is 2. The van der Waals surface area contributed by atoms with Crippen LogP contribution in [0.25, 0.3) is 0 Å². The fraction of sp³-hybridized carbons (Fsp3) is 0.606. The molecular formula is C33H52N7O12P. The highest BCUT2D eigenvalue weighted by Gasteiger charge is 2.44. The van der Waals surface area contributed by atoms with Gasteiger partial charge >= 0.3 is 7.82 Å². The average Bonchev–Trinajstić information content (AvgIpc) is 3.04. The highest BCUT2D eigenvalue weighted by molar-refractivity contribution is 7.46. The number of amides is 7. The summed E-state index contributed by atoms with van der Waals surface area (Å²) in [7, 11) is -4.80. The Morgan fingerprint density at radius 1 is 0.830 bits per heavy atom. The molecule has 0 unspecified atom stereocenters.